The van der Waals surface area contributed by atoms with E-state index in [-0.39, 0.29) is 5.92 Å². The highest BCUT2D eigenvalue weighted by Crippen LogP contribution is 2.22. The minimum absolute atomic E-state index is 0.176. The monoisotopic (exact) mass is 172 g/mol. The summed E-state index contributed by atoms with van der Waals surface area (Å²) in [7, 11) is 0. The molecule has 0 aromatic rings. The lowest BCUT2D eigenvalue weighted by molar-refractivity contribution is -0.143. The van der Waals surface area contributed by atoms with Crippen molar-refractivity contribution in [1.29, 1.82) is 0 Å². The lowest BCUT2D eigenvalue weighted by atomic mass is 9.86. The Hall–Kier alpha value is -0.530. The molecule has 1 N–H and O–H groups in total. The molecular weight excluding hydrogens is 152 g/mol. The maximum Gasteiger partial charge on any atom is 0.306 e. The van der Waals surface area contributed by atoms with E-state index < -0.39 is 5.97 Å². The Balaban J connectivity index is 3.98. The molecule has 12 heavy (non-hydrogen) atoms. The summed E-state index contributed by atoms with van der Waals surface area (Å²) in [5.74, 6) is -0.454. The Morgan fingerprint density at radius 2 is 1.67 bits per heavy atom. The van der Waals surface area contributed by atoms with Crippen molar-refractivity contribution < 1.29 is 9.90 Å². The SMILES string of the molecule is CCCC(CCC)C(C)C(=O)O. The standard InChI is InChI=1S/C10H20O2/c1-4-6-9(7-5-2)8(3)10(11)12/h8-9H,4-7H2,1-3H3,(H,11,12). The minimum atomic E-state index is -0.651. The van der Waals surface area contributed by atoms with Crippen LogP contribution >= 0.6 is 0 Å². The fraction of sp³-hybridized carbons (Fsp3) is 0.900. The maximum absolute atomic E-state index is 10.7. The van der Waals surface area contributed by atoms with Crippen LogP contribution in [0.2, 0.25) is 0 Å². The van der Waals surface area contributed by atoms with Crippen LogP contribution in [0.4, 0.5) is 0 Å². The fourth-order valence-electron chi connectivity index (χ4n) is 1.59. The van der Waals surface area contributed by atoms with Gasteiger partial charge >= 0.3 is 5.97 Å². The van der Waals surface area contributed by atoms with Gasteiger partial charge in [0.25, 0.3) is 0 Å². The summed E-state index contributed by atoms with van der Waals surface area (Å²) < 4.78 is 0. The van der Waals surface area contributed by atoms with Gasteiger partial charge in [-0.25, -0.2) is 0 Å². The van der Waals surface area contributed by atoms with Crippen LogP contribution in [0.1, 0.15) is 46.5 Å². The van der Waals surface area contributed by atoms with Crippen LogP contribution in [0, 0.1) is 11.8 Å². The van der Waals surface area contributed by atoms with Gasteiger partial charge in [0.1, 0.15) is 0 Å². The molecular formula is C10H20O2. The van der Waals surface area contributed by atoms with Crippen LogP contribution in [0.25, 0.3) is 0 Å². The second-order valence-corrected chi connectivity index (χ2v) is 3.46. The van der Waals surface area contributed by atoms with E-state index in [0.717, 1.165) is 25.7 Å². The molecule has 0 aliphatic heterocycles. The largest absolute Gasteiger partial charge is 0.481 e. The molecule has 0 radical (unpaired) electrons. The number of carbonyl (C=O) groups is 1. The van der Waals surface area contributed by atoms with E-state index in [1.54, 1.807) is 0 Å². The molecule has 2 nitrogen and oxygen atoms in total. The van der Waals surface area contributed by atoms with Crippen LogP contribution in [-0.2, 0) is 4.79 Å². The van der Waals surface area contributed by atoms with Gasteiger partial charge in [-0.05, 0) is 18.8 Å². The van der Waals surface area contributed by atoms with Gasteiger partial charge in [0.2, 0.25) is 0 Å². The van der Waals surface area contributed by atoms with Crippen molar-refractivity contribution in [3.63, 3.8) is 0 Å². The van der Waals surface area contributed by atoms with Gasteiger partial charge in [0.05, 0.1) is 5.92 Å². The molecule has 0 saturated heterocycles. The molecule has 0 amide bonds. The van der Waals surface area contributed by atoms with E-state index in [9.17, 15) is 4.79 Å². The molecule has 72 valence electrons. The van der Waals surface area contributed by atoms with Crippen LogP contribution in [0.15, 0.2) is 0 Å². The first-order valence-corrected chi connectivity index (χ1v) is 4.86. The predicted octanol–water partition coefficient (Wildman–Crippen LogP) is 2.92. The average molecular weight is 172 g/mol. The van der Waals surface area contributed by atoms with Gasteiger partial charge < -0.3 is 5.11 Å². The van der Waals surface area contributed by atoms with Gasteiger partial charge in [0, 0.05) is 0 Å². The number of carboxylic acid groups (broad SMARTS) is 1. The third-order valence-corrected chi connectivity index (χ3v) is 2.42. The Kier molecular flexibility index (Phi) is 5.77. The molecule has 0 heterocycles. The zero-order chi connectivity index (χ0) is 9.56. The Morgan fingerprint density at radius 1 is 1.25 bits per heavy atom. The summed E-state index contributed by atoms with van der Waals surface area (Å²) in [6.07, 6.45) is 4.26. The maximum atomic E-state index is 10.7. The molecule has 0 rings (SSSR count). The smallest absolute Gasteiger partial charge is 0.306 e. The second-order valence-electron chi connectivity index (χ2n) is 3.46. The third kappa shape index (κ3) is 3.74. The first-order valence-electron chi connectivity index (χ1n) is 4.86. The number of hydrogen-bond acceptors (Lipinski definition) is 1. The van der Waals surface area contributed by atoms with Crippen molar-refractivity contribution in [1.82, 2.24) is 0 Å². The topological polar surface area (TPSA) is 37.3 Å². The molecule has 0 fully saturated rings. The van der Waals surface area contributed by atoms with Crippen molar-refractivity contribution >= 4 is 5.97 Å². The highest BCUT2D eigenvalue weighted by atomic mass is 16.4. The molecule has 1 unspecified atom stereocenters. The number of carboxylic acids is 1. The normalized spacial score (nSPS) is 13.3. The molecule has 0 aromatic heterocycles. The number of aliphatic carboxylic acids is 1. The molecule has 0 aliphatic rings. The van der Waals surface area contributed by atoms with E-state index in [0.29, 0.717) is 5.92 Å². The summed E-state index contributed by atoms with van der Waals surface area (Å²) in [4.78, 5) is 10.7. The van der Waals surface area contributed by atoms with E-state index in [4.69, 9.17) is 5.11 Å². The van der Waals surface area contributed by atoms with Crippen LogP contribution in [0.5, 0.6) is 0 Å². The Morgan fingerprint density at radius 3 is 1.92 bits per heavy atom. The average Bonchev–Trinajstić information content (AvgIpc) is 2.03. The van der Waals surface area contributed by atoms with Crippen molar-refractivity contribution in [3.8, 4) is 0 Å². The summed E-state index contributed by atoms with van der Waals surface area (Å²) in [5, 5.41) is 8.81. The van der Waals surface area contributed by atoms with Gasteiger partial charge in [0.15, 0.2) is 0 Å². The first-order chi connectivity index (χ1) is 5.63. The van der Waals surface area contributed by atoms with Gasteiger partial charge in [-0.1, -0.05) is 33.6 Å². The molecule has 2 heteroatoms. The van der Waals surface area contributed by atoms with E-state index >= 15 is 0 Å². The predicted molar refractivity (Wildman–Crippen MR) is 50.1 cm³/mol. The van der Waals surface area contributed by atoms with Crippen molar-refractivity contribution in [2.45, 2.75) is 46.5 Å². The summed E-state index contributed by atoms with van der Waals surface area (Å²) in [5.41, 5.74) is 0. The Bertz CT molecular complexity index is 126. The van der Waals surface area contributed by atoms with Gasteiger partial charge in [-0.15, -0.1) is 0 Å². The van der Waals surface area contributed by atoms with Crippen molar-refractivity contribution in [2.75, 3.05) is 0 Å². The number of hydrogen-bond donors (Lipinski definition) is 1. The van der Waals surface area contributed by atoms with Gasteiger partial charge in [-0.2, -0.15) is 0 Å². The first kappa shape index (κ1) is 11.5. The van der Waals surface area contributed by atoms with Crippen LogP contribution in [0.3, 0.4) is 0 Å². The highest BCUT2D eigenvalue weighted by molar-refractivity contribution is 5.69. The number of rotatable bonds is 6. The summed E-state index contributed by atoms with van der Waals surface area (Å²) >= 11 is 0. The van der Waals surface area contributed by atoms with E-state index in [1.165, 1.54) is 0 Å². The fourth-order valence-corrected chi connectivity index (χ4v) is 1.59. The molecule has 0 aromatic carbocycles. The lowest BCUT2D eigenvalue weighted by Crippen LogP contribution is -2.20. The second kappa shape index (κ2) is 6.04. The van der Waals surface area contributed by atoms with Gasteiger partial charge in [-0.3, -0.25) is 4.79 Å². The highest BCUT2D eigenvalue weighted by Gasteiger charge is 2.21. The van der Waals surface area contributed by atoms with Crippen LogP contribution in [-0.4, -0.2) is 11.1 Å². The molecule has 0 aliphatic carbocycles. The lowest BCUT2D eigenvalue weighted by Gasteiger charge is -2.19. The summed E-state index contributed by atoms with van der Waals surface area (Å²) in [6, 6.07) is 0. The third-order valence-electron chi connectivity index (χ3n) is 2.42. The molecule has 0 bridgehead atoms. The molecule has 0 spiro atoms. The van der Waals surface area contributed by atoms with Crippen LogP contribution < -0.4 is 0 Å². The zero-order valence-corrected chi connectivity index (χ0v) is 8.34. The van der Waals surface area contributed by atoms with Crippen molar-refractivity contribution in [3.05, 3.63) is 0 Å². The Labute approximate surface area is 75.0 Å². The zero-order valence-electron chi connectivity index (χ0n) is 8.34. The van der Waals surface area contributed by atoms with Crippen molar-refractivity contribution in [2.24, 2.45) is 11.8 Å². The molecule has 0 saturated carbocycles. The minimum Gasteiger partial charge on any atom is -0.481 e. The van der Waals surface area contributed by atoms with E-state index in [1.807, 2.05) is 6.92 Å². The molecule has 1 atom stereocenters. The van der Waals surface area contributed by atoms with E-state index in [2.05, 4.69) is 13.8 Å². The quantitative estimate of drug-likeness (QED) is 0.668. The summed E-state index contributed by atoms with van der Waals surface area (Å²) in [6.45, 7) is 6.03.